The minimum Gasteiger partial charge on any atom is -0.383 e. The number of pyridine rings is 1. The van der Waals surface area contributed by atoms with Crippen molar-refractivity contribution in [2.24, 2.45) is 0 Å². The Bertz CT molecular complexity index is 1020. The second-order valence-corrected chi connectivity index (χ2v) is 8.10. The first kappa shape index (κ1) is 18.9. The fourth-order valence-corrected chi connectivity index (χ4v) is 3.32. The zero-order valence-corrected chi connectivity index (χ0v) is 16.7. The van der Waals surface area contributed by atoms with Crippen molar-refractivity contribution < 1.29 is 0 Å². The van der Waals surface area contributed by atoms with Crippen LogP contribution in [0.2, 0.25) is 5.02 Å². The van der Waals surface area contributed by atoms with Crippen LogP contribution in [0.5, 0.6) is 0 Å². The molecule has 1 aromatic heterocycles. The molecule has 3 rings (SSSR count). The predicted molar refractivity (Wildman–Crippen MR) is 113 cm³/mol. The highest BCUT2D eigenvalue weighted by Crippen LogP contribution is 2.36. The van der Waals surface area contributed by atoms with Gasteiger partial charge in [-0.05, 0) is 41.2 Å². The summed E-state index contributed by atoms with van der Waals surface area (Å²) in [5.41, 5.74) is 12.3. The summed E-state index contributed by atoms with van der Waals surface area (Å²) in [6.45, 7) is 8.51. The summed E-state index contributed by atoms with van der Waals surface area (Å²) in [5.74, 6) is 0.239. The molecule has 27 heavy (non-hydrogen) atoms. The van der Waals surface area contributed by atoms with Gasteiger partial charge in [-0.15, -0.1) is 0 Å². The highest BCUT2D eigenvalue weighted by molar-refractivity contribution is 6.30. The van der Waals surface area contributed by atoms with Crippen molar-refractivity contribution in [3.05, 3.63) is 70.2 Å². The molecule has 3 nitrogen and oxygen atoms in total. The van der Waals surface area contributed by atoms with Gasteiger partial charge in [0.1, 0.15) is 17.5 Å². The Kier molecular flexibility index (Phi) is 4.95. The zero-order valence-electron chi connectivity index (χ0n) is 16.0. The van der Waals surface area contributed by atoms with Crippen LogP contribution in [0.15, 0.2) is 48.5 Å². The molecule has 0 amide bonds. The van der Waals surface area contributed by atoms with Crippen molar-refractivity contribution in [1.82, 2.24) is 4.98 Å². The molecular formula is C23H22ClN3. The van der Waals surface area contributed by atoms with E-state index in [2.05, 4.69) is 56.1 Å². The smallest absolute Gasteiger partial charge is 0.142 e. The number of aromatic nitrogens is 1. The standard InChI is InChI=1S/C23H22ClN3/c1-14-20(15-5-9-17(10-6-15)23(2,3)4)19(13-25)22(26)27-21(14)16-7-11-18(24)12-8-16/h5-12H,1-4H3,(H2,26,27). The van der Waals surface area contributed by atoms with E-state index in [0.29, 0.717) is 10.6 Å². The third kappa shape index (κ3) is 3.67. The molecule has 0 saturated heterocycles. The van der Waals surface area contributed by atoms with Crippen LogP contribution in [0.4, 0.5) is 5.82 Å². The van der Waals surface area contributed by atoms with E-state index in [1.165, 1.54) is 5.56 Å². The van der Waals surface area contributed by atoms with Crippen molar-refractivity contribution in [2.45, 2.75) is 33.1 Å². The lowest BCUT2D eigenvalue weighted by Gasteiger charge is -2.20. The molecular weight excluding hydrogens is 354 g/mol. The molecule has 0 unspecified atom stereocenters. The van der Waals surface area contributed by atoms with Crippen LogP contribution in [0.1, 0.15) is 37.5 Å². The van der Waals surface area contributed by atoms with Crippen LogP contribution >= 0.6 is 11.6 Å². The van der Waals surface area contributed by atoms with Crippen LogP contribution in [-0.4, -0.2) is 4.98 Å². The summed E-state index contributed by atoms with van der Waals surface area (Å²) in [4.78, 5) is 4.50. The number of benzene rings is 2. The number of rotatable bonds is 2. The Morgan fingerprint density at radius 1 is 0.963 bits per heavy atom. The fraction of sp³-hybridized carbons (Fsp3) is 0.217. The summed E-state index contributed by atoms with van der Waals surface area (Å²) >= 11 is 6.01. The van der Waals surface area contributed by atoms with Gasteiger partial charge in [0.2, 0.25) is 0 Å². The van der Waals surface area contributed by atoms with Gasteiger partial charge in [-0.1, -0.05) is 68.8 Å². The lowest BCUT2D eigenvalue weighted by Crippen LogP contribution is -2.10. The first-order valence-electron chi connectivity index (χ1n) is 8.79. The molecule has 0 fully saturated rings. The second-order valence-electron chi connectivity index (χ2n) is 7.67. The molecule has 0 saturated carbocycles. The number of nitrogen functional groups attached to an aromatic ring is 1. The van der Waals surface area contributed by atoms with E-state index in [4.69, 9.17) is 17.3 Å². The minimum atomic E-state index is 0.0668. The van der Waals surface area contributed by atoms with E-state index in [1.807, 2.05) is 31.2 Å². The van der Waals surface area contributed by atoms with Crippen molar-refractivity contribution in [2.75, 3.05) is 5.73 Å². The molecule has 2 aromatic carbocycles. The molecule has 0 aliphatic rings. The molecule has 0 aliphatic carbocycles. The maximum Gasteiger partial charge on any atom is 0.142 e. The maximum atomic E-state index is 9.68. The first-order valence-corrected chi connectivity index (χ1v) is 9.17. The summed E-state index contributed by atoms with van der Waals surface area (Å²) < 4.78 is 0. The largest absolute Gasteiger partial charge is 0.383 e. The lowest BCUT2D eigenvalue weighted by molar-refractivity contribution is 0.590. The number of nitrogens with zero attached hydrogens (tertiary/aromatic N) is 2. The van der Waals surface area contributed by atoms with Crippen LogP contribution in [-0.2, 0) is 5.41 Å². The van der Waals surface area contributed by atoms with Crippen molar-refractivity contribution >= 4 is 17.4 Å². The van der Waals surface area contributed by atoms with Crippen LogP contribution in [0.25, 0.3) is 22.4 Å². The average molecular weight is 376 g/mol. The third-order valence-corrected chi connectivity index (χ3v) is 4.99. The number of nitrogens with two attached hydrogens (primary N) is 1. The van der Waals surface area contributed by atoms with Gasteiger partial charge in [0.05, 0.1) is 5.69 Å². The predicted octanol–water partition coefficient (Wildman–Crippen LogP) is 6.13. The van der Waals surface area contributed by atoms with Gasteiger partial charge in [-0.25, -0.2) is 4.98 Å². The quantitative estimate of drug-likeness (QED) is 0.586. The molecule has 0 aliphatic heterocycles. The molecule has 3 aromatic rings. The fourth-order valence-electron chi connectivity index (χ4n) is 3.19. The number of halogens is 1. The van der Waals surface area contributed by atoms with Crippen LogP contribution < -0.4 is 5.73 Å². The molecule has 0 atom stereocenters. The van der Waals surface area contributed by atoms with Gasteiger partial charge in [-0.2, -0.15) is 5.26 Å². The summed E-state index contributed by atoms with van der Waals surface area (Å²) in [5, 5.41) is 10.3. The Labute approximate surface area is 165 Å². The summed E-state index contributed by atoms with van der Waals surface area (Å²) in [6.07, 6.45) is 0. The highest BCUT2D eigenvalue weighted by Gasteiger charge is 2.19. The van der Waals surface area contributed by atoms with Crippen LogP contribution in [0, 0.1) is 18.3 Å². The topological polar surface area (TPSA) is 62.7 Å². The molecule has 4 heteroatoms. The first-order chi connectivity index (χ1) is 12.7. The number of hydrogen-bond donors (Lipinski definition) is 1. The molecule has 0 radical (unpaired) electrons. The monoisotopic (exact) mass is 375 g/mol. The molecule has 136 valence electrons. The normalized spacial score (nSPS) is 11.3. The Morgan fingerprint density at radius 3 is 2.04 bits per heavy atom. The van der Waals surface area contributed by atoms with Crippen molar-refractivity contribution in [3.8, 4) is 28.5 Å². The van der Waals surface area contributed by atoms with E-state index < -0.39 is 0 Å². The van der Waals surface area contributed by atoms with Crippen molar-refractivity contribution in [3.63, 3.8) is 0 Å². The molecule has 2 N–H and O–H groups in total. The van der Waals surface area contributed by atoms with E-state index in [0.717, 1.165) is 27.9 Å². The minimum absolute atomic E-state index is 0.0668. The Balaban J connectivity index is 2.22. The molecule has 0 spiro atoms. The molecule has 1 heterocycles. The number of nitriles is 1. The lowest BCUT2D eigenvalue weighted by atomic mass is 9.85. The van der Waals surface area contributed by atoms with E-state index in [9.17, 15) is 5.26 Å². The van der Waals surface area contributed by atoms with Gasteiger partial charge in [0.25, 0.3) is 0 Å². The zero-order chi connectivity index (χ0) is 19.8. The molecule has 0 bridgehead atoms. The van der Waals surface area contributed by atoms with Gasteiger partial charge < -0.3 is 5.73 Å². The summed E-state index contributed by atoms with van der Waals surface area (Å²) in [7, 11) is 0. The number of hydrogen-bond acceptors (Lipinski definition) is 3. The van der Waals surface area contributed by atoms with E-state index in [1.54, 1.807) is 0 Å². The van der Waals surface area contributed by atoms with E-state index >= 15 is 0 Å². The summed E-state index contributed by atoms with van der Waals surface area (Å²) in [6, 6.07) is 18.0. The van der Waals surface area contributed by atoms with Gasteiger partial charge in [0, 0.05) is 16.1 Å². The highest BCUT2D eigenvalue weighted by atomic mass is 35.5. The average Bonchev–Trinajstić information content (AvgIpc) is 2.63. The third-order valence-electron chi connectivity index (χ3n) is 4.74. The Morgan fingerprint density at radius 2 is 1.52 bits per heavy atom. The van der Waals surface area contributed by atoms with Gasteiger partial charge in [0.15, 0.2) is 0 Å². The van der Waals surface area contributed by atoms with Crippen LogP contribution in [0.3, 0.4) is 0 Å². The number of anilines is 1. The van der Waals surface area contributed by atoms with E-state index in [-0.39, 0.29) is 11.2 Å². The Hall–Kier alpha value is -2.83. The van der Waals surface area contributed by atoms with Gasteiger partial charge in [-0.3, -0.25) is 0 Å². The van der Waals surface area contributed by atoms with Crippen molar-refractivity contribution in [1.29, 1.82) is 5.26 Å². The van der Waals surface area contributed by atoms with Gasteiger partial charge >= 0.3 is 0 Å². The maximum absolute atomic E-state index is 9.68. The SMILES string of the molecule is Cc1c(-c2ccc(Cl)cc2)nc(N)c(C#N)c1-c1ccc(C(C)(C)C)cc1. The second kappa shape index (κ2) is 7.06.